The summed E-state index contributed by atoms with van der Waals surface area (Å²) in [4.78, 5) is 19.7. The zero-order valence-electron chi connectivity index (χ0n) is 27.8. The number of furan rings is 1. The van der Waals surface area contributed by atoms with Gasteiger partial charge in [0.25, 0.3) is 0 Å². The molecule has 0 aliphatic rings. The van der Waals surface area contributed by atoms with Crippen LogP contribution in [0.4, 0.5) is 0 Å². The fourth-order valence-corrected chi connectivity index (χ4v) is 6.88. The van der Waals surface area contributed by atoms with E-state index in [1.54, 1.807) is 0 Å². The van der Waals surface area contributed by atoms with Crippen LogP contribution >= 0.6 is 0 Å². The van der Waals surface area contributed by atoms with Crippen LogP contribution in [0.3, 0.4) is 0 Å². The van der Waals surface area contributed by atoms with Crippen molar-refractivity contribution in [2.24, 2.45) is 0 Å². The summed E-state index contributed by atoms with van der Waals surface area (Å²) in [7, 11) is 0. The third kappa shape index (κ3) is 5.22. The van der Waals surface area contributed by atoms with Crippen LogP contribution in [0.25, 0.3) is 101 Å². The van der Waals surface area contributed by atoms with Gasteiger partial charge in [0.1, 0.15) is 16.7 Å². The molecule has 0 radical (unpaired) electrons. The number of hydrogen-bond donors (Lipinski definition) is 0. The molecular weight excluding hydrogens is 641 g/mol. The highest BCUT2D eigenvalue weighted by molar-refractivity contribution is 6.13. The smallest absolute Gasteiger partial charge is 0.227 e. The van der Waals surface area contributed by atoms with E-state index in [0.717, 1.165) is 77.5 Å². The van der Waals surface area contributed by atoms with Gasteiger partial charge >= 0.3 is 0 Å². The molecule has 0 aliphatic heterocycles. The minimum absolute atomic E-state index is 0.601. The van der Waals surface area contributed by atoms with Gasteiger partial charge in [0.05, 0.1) is 0 Å². The van der Waals surface area contributed by atoms with Gasteiger partial charge in [-0.3, -0.25) is 0 Å². The second-order valence-electron chi connectivity index (χ2n) is 12.6. The van der Waals surface area contributed by atoms with Gasteiger partial charge in [-0.2, -0.15) is 0 Å². The Morgan fingerprint density at radius 3 is 1.56 bits per heavy atom. The van der Waals surface area contributed by atoms with E-state index in [4.69, 9.17) is 28.8 Å². The average molecular weight is 669 g/mol. The highest BCUT2D eigenvalue weighted by Gasteiger charge is 2.18. The number of rotatable bonds is 6. The Kier molecular flexibility index (Phi) is 7.03. The molecule has 0 bridgehead atoms. The van der Waals surface area contributed by atoms with Crippen molar-refractivity contribution in [1.29, 1.82) is 0 Å². The van der Waals surface area contributed by atoms with Crippen LogP contribution in [0.1, 0.15) is 0 Å². The molecule has 10 aromatic rings. The lowest BCUT2D eigenvalue weighted by Gasteiger charge is -2.10. The topological polar surface area (TPSA) is 77.8 Å². The fourth-order valence-electron chi connectivity index (χ4n) is 6.88. The van der Waals surface area contributed by atoms with E-state index in [-0.39, 0.29) is 0 Å². The third-order valence-electron chi connectivity index (χ3n) is 9.38. The number of aromatic nitrogens is 4. The summed E-state index contributed by atoms with van der Waals surface area (Å²) >= 11 is 0. The Bertz CT molecular complexity index is 2840. The van der Waals surface area contributed by atoms with Crippen LogP contribution < -0.4 is 0 Å². The van der Waals surface area contributed by atoms with Gasteiger partial charge in [-0.15, -0.1) is 0 Å². The molecule has 6 heteroatoms. The largest absolute Gasteiger partial charge is 0.456 e. The SMILES string of the molecule is c1ccc(-c2nc(-c3ccccc3)nc(-c3cccc(-c4cccc5oc6cc(-c7cccc8oc(-c9ccccc9)nc78)ccc6c45)c3)n2)cc1. The fraction of sp³-hybridized carbons (Fsp3) is 0. The van der Waals surface area contributed by atoms with E-state index < -0.39 is 0 Å². The molecule has 3 aromatic heterocycles. The summed E-state index contributed by atoms with van der Waals surface area (Å²) < 4.78 is 12.7. The Labute approximate surface area is 298 Å². The molecule has 0 aliphatic carbocycles. The quantitative estimate of drug-likeness (QED) is 0.175. The van der Waals surface area contributed by atoms with Crippen LogP contribution in [-0.4, -0.2) is 19.9 Å². The van der Waals surface area contributed by atoms with Crippen molar-refractivity contribution in [3.63, 3.8) is 0 Å². The molecule has 7 aromatic carbocycles. The standard InChI is InChI=1S/C46H28N4O2/c1-4-13-29(14-5-1)43-48-44(30-15-6-2-7-16-30)50-45(49-43)34-20-10-19-32(27-34)35-21-11-23-38-41(35)37-26-25-33(28-40(37)51-38)36-22-12-24-39-42(36)47-46(52-39)31-17-8-3-9-18-31/h1-28H. The molecule has 244 valence electrons. The number of nitrogens with zero attached hydrogens (tertiary/aromatic N) is 4. The average Bonchev–Trinajstić information content (AvgIpc) is 3.84. The molecule has 0 saturated heterocycles. The van der Waals surface area contributed by atoms with Crippen LogP contribution in [0.2, 0.25) is 0 Å². The van der Waals surface area contributed by atoms with Gasteiger partial charge in [-0.05, 0) is 59.2 Å². The van der Waals surface area contributed by atoms with Crippen molar-refractivity contribution in [1.82, 2.24) is 19.9 Å². The van der Waals surface area contributed by atoms with Crippen molar-refractivity contribution >= 4 is 33.0 Å². The van der Waals surface area contributed by atoms with Crippen molar-refractivity contribution in [3.05, 3.63) is 170 Å². The minimum atomic E-state index is 0.601. The summed E-state index contributed by atoms with van der Waals surface area (Å²) in [5.74, 6) is 2.47. The lowest BCUT2D eigenvalue weighted by molar-refractivity contribution is 0.620. The molecule has 0 spiro atoms. The van der Waals surface area contributed by atoms with Crippen molar-refractivity contribution in [2.45, 2.75) is 0 Å². The van der Waals surface area contributed by atoms with Gasteiger partial charge in [0.2, 0.25) is 5.89 Å². The van der Waals surface area contributed by atoms with E-state index in [2.05, 4.69) is 54.6 Å². The van der Waals surface area contributed by atoms with Crippen LogP contribution in [0.5, 0.6) is 0 Å². The number of para-hydroxylation sites is 1. The second-order valence-corrected chi connectivity index (χ2v) is 12.6. The van der Waals surface area contributed by atoms with Crippen LogP contribution in [-0.2, 0) is 0 Å². The molecule has 0 N–H and O–H groups in total. The molecule has 0 unspecified atom stereocenters. The zero-order valence-corrected chi connectivity index (χ0v) is 27.8. The van der Waals surface area contributed by atoms with E-state index in [9.17, 15) is 0 Å². The molecule has 0 atom stereocenters. The lowest BCUT2D eigenvalue weighted by atomic mass is 9.96. The maximum atomic E-state index is 6.53. The summed E-state index contributed by atoms with van der Waals surface area (Å²) in [6.07, 6.45) is 0. The third-order valence-corrected chi connectivity index (χ3v) is 9.38. The summed E-state index contributed by atoms with van der Waals surface area (Å²) in [5, 5.41) is 2.09. The molecule has 0 amide bonds. The monoisotopic (exact) mass is 668 g/mol. The predicted molar refractivity (Wildman–Crippen MR) is 207 cm³/mol. The number of hydrogen-bond acceptors (Lipinski definition) is 6. The Morgan fingerprint density at radius 1 is 0.327 bits per heavy atom. The van der Waals surface area contributed by atoms with Crippen LogP contribution in [0, 0.1) is 0 Å². The zero-order chi connectivity index (χ0) is 34.4. The maximum Gasteiger partial charge on any atom is 0.227 e. The molecule has 3 heterocycles. The normalized spacial score (nSPS) is 11.5. The predicted octanol–water partition coefficient (Wildman–Crippen LogP) is 11.9. The van der Waals surface area contributed by atoms with E-state index >= 15 is 0 Å². The summed E-state index contributed by atoms with van der Waals surface area (Å²) in [6.45, 7) is 0. The van der Waals surface area contributed by atoms with Gasteiger partial charge < -0.3 is 8.83 Å². The Morgan fingerprint density at radius 2 is 0.865 bits per heavy atom. The number of fused-ring (bicyclic) bond motifs is 4. The highest BCUT2D eigenvalue weighted by atomic mass is 16.3. The van der Waals surface area contributed by atoms with E-state index in [1.165, 1.54) is 0 Å². The van der Waals surface area contributed by atoms with Gasteiger partial charge in [0.15, 0.2) is 23.1 Å². The van der Waals surface area contributed by atoms with Crippen molar-refractivity contribution in [3.8, 4) is 67.9 Å². The maximum absolute atomic E-state index is 6.53. The van der Waals surface area contributed by atoms with E-state index in [1.807, 2.05) is 115 Å². The molecule has 6 nitrogen and oxygen atoms in total. The van der Waals surface area contributed by atoms with Crippen molar-refractivity contribution < 1.29 is 8.83 Å². The Balaban J connectivity index is 1.07. The summed E-state index contributed by atoms with van der Waals surface area (Å²) in [5.41, 5.74) is 11.0. The molecule has 0 fully saturated rings. The molecule has 52 heavy (non-hydrogen) atoms. The first-order chi connectivity index (χ1) is 25.7. The molecular formula is C46H28N4O2. The van der Waals surface area contributed by atoms with Crippen molar-refractivity contribution in [2.75, 3.05) is 0 Å². The first-order valence-corrected chi connectivity index (χ1v) is 17.1. The number of benzene rings is 7. The molecule has 10 rings (SSSR count). The first-order valence-electron chi connectivity index (χ1n) is 17.1. The van der Waals surface area contributed by atoms with Gasteiger partial charge in [0, 0.05) is 38.6 Å². The minimum Gasteiger partial charge on any atom is -0.456 e. The second kappa shape index (κ2) is 12.3. The van der Waals surface area contributed by atoms with E-state index in [0.29, 0.717) is 23.4 Å². The van der Waals surface area contributed by atoms with Gasteiger partial charge in [-0.25, -0.2) is 19.9 Å². The summed E-state index contributed by atoms with van der Waals surface area (Å²) in [6, 6.07) is 57.0. The lowest BCUT2D eigenvalue weighted by Crippen LogP contribution is -2.00. The first kappa shape index (κ1) is 29.7. The van der Waals surface area contributed by atoms with Crippen LogP contribution in [0.15, 0.2) is 179 Å². The number of oxazole rings is 1. The highest BCUT2D eigenvalue weighted by Crippen LogP contribution is 2.40. The van der Waals surface area contributed by atoms with Gasteiger partial charge in [-0.1, -0.05) is 127 Å². The molecule has 0 saturated carbocycles. The Hall–Kier alpha value is -7.18.